The number of carbonyl (C=O) groups is 2. The van der Waals surface area contributed by atoms with Gasteiger partial charge in [-0.15, -0.1) is 0 Å². The molecule has 2 amide bonds. The second kappa shape index (κ2) is 7.69. The quantitative estimate of drug-likeness (QED) is 0.903. The summed E-state index contributed by atoms with van der Waals surface area (Å²) in [7, 11) is 0. The van der Waals surface area contributed by atoms with Crippen LogP contribution in [0.4, 0.5) is 11.4 Å². The second-order valence-electron chi connectivity index (χ2n) is 6.87. The lowest BCUT2D eigenvalue weighted by molar-refractivity contribution is -0.135. The fourth-order valence-corrected chi connectivity index (χ4v) is 3.80. The van der Waals surface area contributed by atoms with Crippen LogP contribution in [0.2, 0.25) is 0 Å². The van der Waals surface area contributed by atoms with Gasteiger partial charge in [-0.3, -0.25) is 9.59 Å². The number of hydrogen-bond donors (Lipinski definition) is 1. The Balaban J connectivity index is 1.56. The topological polar surface area (TPSA) is 52.7 Å². The molecule has 0 spiro atoms. The number of nitrogens with zero attached hydrogens (tertiary/aromatic N) is 2. The fraction of sp³-hybridized carbons (Fsp3) is 0.579. The van der Waals surface area contributed by atoms with E-state index in [0.29, 0.717) is 0 Å². The first-order valence-electron chi connectivity index (χ1n) is 9.05. The number of anilines is 2. The van der Waals surface area contributed by atoms with Gasteiger partial charge in [0.15, 0.2) is 0 Å². The third kappa shape index (κ3) is 4.08. The van der Waals surface area contributed by atoms with Crippen LogP contribution < -0.4 is 10.2 Å². The second-order valence-corrected chi connectivity index (χ2v) is 6.87. The molecule has 2 fully saturated rings. The highest BCUT2D eigenvalue weighted by atomic mass is 16.2. The van der Waals surface area contributed by atoms with E-state index in [1.165, 1.54) is 18.5 Å². The van der Waals surface area contributed by atoms with Crippen LogP contribution in [0.5, 0.6) is 0 Å². The summed E-state index contributed by atoms with van der Waals surface area (Å²) in [6.07, 6.45) is 6.82. The Labute approximate surface area is 144 Å². The average molecular weight is 329 g/mol. The minimum atomic E-state index is -0.119. The normalized spacial score (nSPS) is 18.0. The number of amides is 2. The Kier molecular flexibility index (Phi) is 5.38. The van der Waals surface area contributed by atoms with E-state index < -0.39 is 0 Å². The van der Waals surface area contributed by atoms with Gasteiger partial charge in [-0.05, 0) is 49.9 Å². The fourth-order valence-electron chi connectivity index (χ4n) is 3.80. The molecule has 1 N–H and O–H groups in total. The SMILES string of the molecule is CC(=O)N(CC(=O)Nc1ccc(N2CCCC2)cc1)C1CCCC1. The molecule has 1 aliphatic heterocycles. The van der Waals surface area contributed by atoms with Crippen molar-refractivity contribution in [2.24, 2.45) is 0 Å². The lowest BCUT2D eigenvalue weighted by Gasteiger charge is -2.27. The van der Waals surface area contributed by atoms with Gasteiger partial charge in [-0.1, -0.05) is 12.8 Å². The Morgan fingerprint density at radius 1 is 1.08 bits per heavy atom. The molecule has 2 aliphatic rings. The lowest BCUT2D eigenvalue weighted by atomic mass is 10.2. The van der Waals surface area contributed by atoms with Gasteiger partial charge in [0.1, 0.15) is 6.54 Å². The summed E-state index contributed by atoms with van der Waals surface area (Å²) < 4.78 is 0. The van der Waals surface area contributed by atoms with E-state index in [9.17, 15) is 9.59 Å². The molecule has 1 aromatic rings. The standard InChI is InChI=1S/C19H27N3O2/c1-15(23)22(18-6-2-3-7-18)14-19(24)20-16-8-10-17(11-9-16)21-12-4-5-13-21/h8-11,18H,2-7,12-14H2,1H3,(H,20,24). The lowest BCUT2D eigenvalue weighted by Crippen LogP contribution is -2.42. The van der Waals surface area contributed by atoms with Gasteiger partial charge < -0.3 is 15.1 Å². The van der Waals surface area contributed by atoms with E-state index in [1.807, 2.05) is 12.1 Å². The van der Waals surface area contributed by atoms with Gasteiger partial charge in [-0.2, -0.15) is 0 Å². The molecule has 0 bridgehead atoms. The van der Waals surface area contributed by atoms with Gasteiger partial charge in [0.05, 0.1) is 0 Å². The number of hydrogen-bond acceptors (Lipinski definition) is 3. The van der Waals surface area contributed by atoms with Crippen molar-refractivity contribution < 1.29 is 9.59 Å². The first-order valence-corrected chi connectivity index (χ1v) is 9.05. The van der Waals surface area contributed by atoms with E-state index in [0.717, 1.165) is 44.5 Å². The summed E-state index contributed by atoms with van der Waals surface area (Å²) in [5, 5.41) is 2.92. The Morgan fingerprint density at radius 3 is 2.29 bits per heavy atom. The van der Waals surface area contributed by atoms with Crippen molar-refractivity contribution in [2.75, 3.05) is 29.9 Å². The van der Waals surface area contributed by atoms with Crippen LogP contribution in [0.3, 0.4) is 0 Å². The largest absolute Gasteiger partial charge is 0.372 e. The van der Waals surface area contributed by atoms with E-state index in [1.54, 1.807) is 11.8 Å². The molecule has 1 saturated heterocycles. The first kappa shape index (κ1) is 16.8. The Bertz CT molecular complexity index is 573. The molecule has 0 atom stereocenters. The predicted molar refractivity (Wildman–Crippen MR) is 96.2 cm³/mol. The van der Waals surface area contributed by atoms with Crippen LogP contribution in [-0.2, 0) is 9.59 Å². The van der Waals surface area contributed by atoms with Crippen molar-refractivity contribution in [3.63, 3.8) is 0 Å². The minimum Gasteiger partial charge on any atom is -0.372 e. The molecule has 3 rings (SSSR count). The number of nitrogens with one attached hydrogen (secondary N) is 1. The van der Waals surface area contributed by atoms with Crippen LogP contribution in [0.25, 0.3) is 0 Å². The van der Waals surface area contributed by atoms with E-state index in [4.69, 9.17) is 0 Å². The molecule has 0 unspecified atom stereocenters. The van der Waals surface area contributed by atoms with Crippen molar-refractivity contribution >= 4 is 23.2 Å². The van der Waals surface area contributed by atoms with Crippen LogP contribution in [-0.4, -0.2) is 42.4 Å². The molecular weight excluding hydrogens is 302 g/mol. The maximum Gasteiger partial charge on any atom is 0.244 e. The van der Waals surface area contributed by atoms with Crippen molar-refractivity contribution in [1.29, 1.82) is 0 Å². The first-order chi connectivity index (χ1) is 11.6. The van der Waals surface area contributed by atoms with Crippen molar-refractivity contribution in [1.82, 2.24) is 4.90 Å². The number of benzene rings is 1. The van der Waals surface area contributed by atoms with E-state index >= 15 is 0 Å². The van der Waals surface area contributed by atoms with Gasteiger partial charge in [-0.25, -0.2) is 0 Å². The van der Waals surface area contributed by atoms with Crippen LogP contribution in [0, 0.1) is 0 Å². The van der Waals surface area contributed by atoms with Gasteiger partial charge >= 0.3 is 0 Å². The molecule has 5 heteroatoms. The molecule has 1 heterocycles. The summed E-state index contributed by atoms with van der Waals surface area (Å²) >= 11 is 0. The summed E-state index contributed by atoms with van der Waals surface area (Å²) in [6.45, 7) is 3.92. The Hall–Kier alpha value is -2.04. The van der Waals surface area contributed by atoms with Crippen LogP contribution in [0.1, 0.15) is 45.4 Å². The molecule has 0 radical (unpaired) electrons. The third-order valence-electron chi connectivity index (χ3n) is 5.11. The van der Waals surface area contributed by atoms with Gasteiger partial charge in [0.25, 0.3) is 0 Å². The summed E-state index contributed by atoms with van der Waals surface area (Å²) in [4.78, 5) is 28.2. The maximum atomic E-state index is 12.3. The zero-order valence-electron chi connectivity index (χ0n) is 14.5. The van der Waals surface area contributed by atoms with Crippen LogP contribution in [0.15, 0.2) is 24.3 Å². The monoisotopic (exact) mass is 329 g/mol. The molecular formula is C19H27N3O2. The highest BCUT2D eigenvalue weighted by molar-refractivity contribution is 5.94. The molecule has 130 valence electrons. The minimum absolute atomic E-state index is 0.0126. The number of carbonyl (C=O) groups excluding carboxylic acids is 2. The van der Waals surface area contributed by atoms with Crippen molar-refractivity contribution in [3.05, 3.63) is 24.3 Å². The van der Waals surface area contributed by atoms with Gasteiger partial charge in [0.2, 0.25) is 11.8 Å². The van der Waals surface area contributed by atoms with Crippen molar-refractivity contribution in [2.45, 2.75) is 51.5 Å². The highest BCUT2D eigenvalue weighted by Gasteiger charge is 2.26. The highest BCUT2D eigenvalue weighted by Crippen LogP contribution is 2.24. The average Bonchev–Trinajstić information content (AvgIpc) is 3.26. The maximum absolute atomic E-state index is 12.3. The zero-order valence-corrected chi connectivity index (χ0v) is 14.5. The molecule has 5 nitrogen and oxygen atoms in total. The number of rotatable bonds is 5. The Morgan fingerprint density at radius 2 is 1.71 bits per heavy atom. The zero-order chi connectivity index (χ0) is 16.9. The molecule has 1 saturated carbocycles. The summed E-state index contributed by atoms with van der Waals surface area (Å²) in [6, 6.07) is 8.23. The summed E-state index contributed by atoms with van der Waals surface area (Å²) in [5.41, 5.74) is 2.00. The van der Waals surface area contributed by atoms with Crippen molar-refractivity contribution in [3.8, 4) is 0 Å². The molecule has 1 aromatic carbocycles. The molecule has 1 aliphatic carbocycles. The molecule has 24 heavy (non-hydrogen) atoms. The molecule has 0 aromatic heterocycles. The van der Waals surface area contributed by atoms with Gasteiger partial charge in [0, 0.05) is 37.4 Å². The smallest absolute Gasteiger partial charge is 0.244 e. The summed E-state index contributed by atoms with van der Waals surface area (Å²) in [5.74, 6) is -0.132. The van der Waals surface area contributed by atoms with E-state index in [2.05, 4.69) is 22.3 Å². The van der Waals surface area contributed by atoms with Crippen LogP contribution >= 0.6 is 0 Å². The third-order valence-corrected chi connectivity index (χ3v) is 5.11. The predicted octanol–water partition coefficient (Wildman–Crippen LogP) is 3.02. The van der Waals surface area contributed by atoms with E-state index in [-0.39, 0.29) is 24.4 Å².